The summed E-state index contributed by atoms with van der Waals surface area (Å²) in [5.41, 5.74) is 0.469. The van der Waals surface area contributed by atoms with Gasteiger partial charge in [0.25, 0.3) is 0 Å². The second-order valence-corrected chi connectivity index (χ2v) is 10.7. The molecule has 1 aliphatic carbocycles. The van der Waals surface area contributed by atoms with Crippen molar-refractivity contribution in [2.45, 2.75) is 83.9 Å². The van der Waals surface area contributed by atoms with Crippen molar-refractivity contribution in [1.29, 1.82) is 0 Å². The zero-order valence-electron chi connectivity index (χ0n) is 21.5. The molecular weight excluding hydrogens is 471 g/mol. The highest BCUT2D eigenvalue weighted by molar-refractivity contribution is 5.93. The van der Waals surface area contributed by atoms with Gasteiger partial charge < -0.3 is 19.9 Å². The number of nitrogens with one attached hydrogen (secondary N) is 1. The van der Waals surface area contributed by atoms with Crippen LogP contribution in [0.5, 0.6) is 5.75 Å². The molecule has 0 radical (unpaired) electrons. The number of carbonyl (C=O) groups excluding carboxylic acids is 1. The van der Waals surface area contributed by atoms with Gasteiger partial charge in [0.15, 0.2) is 0 Å². The number of rotatable bonds is 7. The number of halogens is 3. The maximum Gasteiger partial charge on any atom is 0.573 e. The first-order valence-electron chi connectivity index (χ1n) is 12.7. The number of hydrogen-bond acceptors (Lipinski definition) is 6. The number of alkyl halides is 3. The number of ether oxygens (including phenoxy) is 1. The van der Waals surface area contributed by atoms with Crippen LogP contribution in [0.3, 0.4) is 0 Å². The van der Waals surface area contributed by atoms with Gasteiger partial charge in [-0.15, -0.1) is 13.2 Å². The summed E-state index contributed by atoms with van der Waals surface area (Å²) < 4.78 is 42.2. The van der Waals surface area contributed by atoms with E-state index in [0.717, 1.165) is 19.3 Å². The Morgan fingerprint density at radius 3 is 2.56 bits per heavy atom. The summed E-state index contributed by atoms with van der Waals surface area (Å²) in [6, 6.07) is 4.62. The maximum atomic E-state index is 13.5. The zero-order valence-corrected chi connectivity index (χ0v) is 21.5. The minimum Gasteiger partial charge on any atom is -0.406 e. The zero-order chi connectivity index (χ0) is 26.2. The summed E-state index contributed by atoms with van der Waals surface area (Å²) in [7, 11) is 2.19. The van der Waals surface area contributed by atoms with E-state index >= 15 is 0 Å². The van der Waals surface area contributed by atoms with Crippen molar-refractivity contribution in [2.75, 3.05) is 18.9 Å². The molecule has 2 aliphatic rings. The number of benzene rings is 1. The van der Waals surface area contributed by atoms with Crippen molar-refractivity contribution >= 4 is 22.6 Å². The van der Waals surface area contributed by atoms with Gasteiger partial charge in [0, 0.05) is 30.1 Å². The van der Waals surface area contributed by atoms with Gasteiger partial charge in [0.05, 0.1) is 5.52 Å². The van der Waals surface area contributed by atoms with Gasteiger partial charge in [-0.25, -0.2) is 9.97 Å². The SMILES string of the molecule is CC(C)[C@@H]1C[C@H](N(C)C(C)C)CC[C@@H]1N1CCC(Nc2ncnc3ccc(OC(F)(F)F)cc23)C1=O. The van der Waals surface area contributed by atoms with E-state index in [1.807, 2.05) is 4.90 Å². The average Bonchev–Trinajstić information content (AvgIpc) is 3.17. The molecule has 36 heavy (non-hydrogen) atoms. The lowest BCUT2D eigenvalue weighted by atomic mass is 9.74. The van der Waals surface area contributed by atoms with Crippen molar-refractivity contribution < 1.29 is 22.7 Å². The van der Waals surface area contributed by atoms with E-state index in [2.05, 4.69) is 59.7 Å². The van der Waals surface area contributed by atoms with Crippen molar-refractivity contribution in [3.63, 3.8) is 0 Å². The van der Waals surface area contributed by atoms with Crippen molar-refractivity contribution in [1.82, 2.24) is 19.8 Å². The van der Waals surface area contributed by atoms with E-state index in [4.69, 9.17) is 0 Å². The van der Waals surface area contributed by atoms with E-state index in [0.29, 0.717) is 53.6 Å². The summed E-state index contributed by atoms with van der Waals surface area (Å²) in [4.78, 5) is 26.4. The normalized spacial score (nSPS) is 25.4. The summed E-state index contributed by atoms with van der Waals surface area (Å²) in [5, 5.41) is 3.57. The lowest BCUT2D eigenvalue weighted by Gasteiger charge is -2.46. The molecule has 1 unspecified atom stereocenters. The topological polar surface area (TPSA) is 70.6 Å². The predicted octanol–water partition coefficient (Wildman–Crippen LogP) is 5.07. The van der Waals surface area contributed by atoms with Crippen LogP contribution < -0.4 is 10.1 Å². The molecule has 7 nitrogen and oxygen atoms in total. The molecule has 0 spiro atoms. The third kappa shape index (κ3) is 5.68. The van der Waals surface area contributed by atoms with E-state index in [1.165, 1.54) is 24.5 Å². The van der Waals surface area contributed by atoms with Crippen LogP contribution in [0.25, 0.3) is 10.9 Å². The Morgan fingerprint density at radius 2 is 1.89 bits per heavy atom. The second-order valence-electron chi connectivity index (χ2n) is 10.7. The van der Waals surface area contributed by atoms with Crippen LogP contribution in [-0.2, 0) is 4.79 Å². The first-order valence-corrected chi connectivity index (χ1v) is 12.7. The van der Waals surface area contributed by atoms with Gasteiger partial charge in [-0.1, -0.05) is 13.8 Å². The van der Waals surface area contributed by atoms with E-state index in [1.54, 1.807) is 0 Å². The lowest BCUT2D eigenvalue weighted by Crippen LogP contribution is -2.52. The van der Waals surface area contributed by atoms with Gasteiger partial charge >= 0.3 is 6.36 Å². The van der Waals surface area contributed by atoms with Gasteiger partial charge in [-0.2, -0.15) is 0 Å². The smallest absolute Gasteiger partial charge is 0.406 e. The highest BCUT2D eigenvalue weighted by atomic mass is 19.4. The Bertz CT molecular complexity index is 1080. The van der Waals surface area contributed by atoms with Crippen LogP contribution in [-0.4, -0.2) is 69.8 Å². The molecule has 1 aliphatic heterocycles. The molecule has 1 saturated heterocycles. The average molecular weight is 508 g/mol. The first kappa shape index (κ1) is 26.4. The van der Waals surface area contributed by atoms with Crippen LogP contribution in [0.15, 0.2) is 24.5 Å². The number of anilines is 1. The Labute approximate surface area is 210 Å². The van der Waals surface area contributed by atoms with Gasteiger partial charge in [0.1, 0.15) is 23.9 Å². The van der Waals surface area contributed by atoms with Gasteiger partial charge in [-0.3, -0.25) is 4.79 Å². The Hall–Kier alpha value is -2.62. The Balaban J connectivity index is 1.50. The minimum absolute atomic E-state index is 0.0239. The standard InChI is InChI=1S/C26H36F3N5O2/c1-15(2)19-12-17(33(5)16(3)4)6-9-23(19)34-11-10-22(25(34)35)32-24-20-13-18(36-26(27,28)29)7-8-21(20)30-14-31-24/h7-8,13-17,19,22-23H,6,9-12H2,1-5H3,(H,30,31,32)/t17-,19+,22?,23+/m1/s1. The maximum absolute atomic E-state index is 13.5. The number of hydrogen-bond donors (Lipinski definition) is 1. The number of carbonyl (C=O) groups is 1. The number of nitrogens with zero attached hydrogens (tertiary/aromatic N) is 4. The van der Waals surface area contributed by atoms with Gasteiger partial charge in [-0.05, 0) is 76.6 Å². The molecule has 1 amide bonds. The third-order valence-electron chi connectivity index (χ3n) is 7.87. The summed E-state index contributed by atoms with van der Waals surface area (Å²) in [6.07, 6.45) is 0.250. The number of amides is 1. The highest BCUT2D eigenvalue weighted by Crippen LogP contribution is 2.38. The number of aromatic nitrogens is 2. The van der Waals surface area contributed by atoms with Gasteiger partial charge in [0.2, 0.25) is 5.91 Å². The molecule has 1 aromatic carbocycles. The molecule has 2 heterocycles. The van der Waals surface area contributed by atoms with Crippen molar-refractivity contribution in [2.24, 2.45) is 11.8 Å². The van der Waals surface area contributed by atoms with Crippen LogP contribution in [0, 0.1) is 11.8 Å². The molecule has 0 bridgehead atoms. The molecule has 4 rings (SSSR count). The quantitative estimate of drug-likeness (QED) is 0.564. The molecular formula is C26H36F3N5O2. The van der Waals surface area contributed by atoms with Crippen LogP contribution in [0.2, 0.25) is 0 Å². The Morgan fingerprint density at radius 1 is 1.14 bits per heavy atom. The molecule has 2 aromatic rings. The molecule has 10 heteroatoms. The molecule has 1 aromatic heterocycles. The minimum atomic E-state index is -4.80. The molecule has 2 fully saturated rings. The van der Waals surface area contributed by atoms with Crippen LogP contribution >= 0.6 is 0 Å². The van der Waals surface area contributed by atoms with E-state index in [9.17, 15) is 18.0 Å². The lowest BCUT2D eigenvalue weighted by molar-refractivity contribution is -0.274. The summed E-state index contributed by atoms with van der Waals surface area (Å²) in [5.74, 6) is 0.868. The fourth-order valence-corrected chi connectivity index (χ4v) is 5.74. The fourth-order valence-electron chi connectivity index (χ4n) is 5.74. The predicted molar refractivity (Wildman–Crippen MR) is 133 cm³/mol. The van der Waals surface area contributed by atoms with E-state index in [-0.39, 0.29) is 17.7 Å². The molecule has 1 saturated carbocycles. The molecule has 198 valence electrons. The third-order valence-corrected chi connectivity index (χ3v) is 7.87. The van der Waals surface area contributed by atoms with Crippen LogP contribution in [0.1, 0.15) is 53.4 Å². The molecule has 4 atom stereocenters. The number of fused-ring (bicyclic) bond motifs is 1. The van der Waals surface area contributed by atoms with Crippen molar-refractivity contribution in [3.05, 3.63) is 24.5 Å². The Kier molecular flexibility index (Phi) is 7.64. The monoisotopic (exact) mass is 507 g/mol. The largest absolute Gasteiger partial charge is 0.573 e. The molecule has 1 N–H and O–H groups in total. The van der Waals surface area contributed by atoms with Crippen molar-refractivity contribution in [3.8, 4) is 5.75 Å². The number of likely N-dealkylation sites (tertiary alicyclic amines) is 1. The summed E-state index contributed by atoms with van der Waals surface area (Å²) in [6.45, 7) is 9.55. The highest BCUT2D eigenvalue weighted by Gasteiger charge is 2.43. The first-order chi connectivity index (χ1) is 16.9. The fraction of sp³-hybridized carbons (Fsp3) is 0.654. The van der Waals surface area contributed by atoms with Crippen LogP contribution in [0.4, 0.5) is 19.0 Å². The van der Waals surface area contributed by atoms with E-state index < -0.39 is 12.4 Å². The second kappa shape index (κ2) is 10.4. The summed E-state index contributed by atoms with van der Waals surface area (Å²) >= 11 is 0.